The van der Waals surface area contributed by atoms with Crippen LogP contribution in [0.15, 0.2) is 18.3 Å². The van der Waals surface area contributed by atoms with Crippen LogP contribution in [0.25, 0.3) is 0 Å². The lowest BCUT2D eigenvalue weighted by molar-refractivity contribution is -0.142. The lowest BCUT2D eigenvalue weighted by atomic mass is 9.96. The fourth-order valence-electron chi connectivity index (χ4n) is 1.77. The summed E-state index contributed by atoms with van der Waals surface area (Å²) in [7, 11) is 0. The van der Waals surface area contributed by atoms with Crippen LogP contribution in [0, 0.1) is 0 Å². The third kappa shape index (κ3) is 5.03. The smallest absolute Gasteiger partial charge is 0.329 e. The first kappa shape index (κ1) is 15.2. The fourth-order valence-corrected chi connectivity index (χ4v) is 1.77. The van der Waals surface area contributed by atoms with Crippen molar-refractivity contribution < 1.29 is 24.2 Å². The minimum atomic E-state index is -1.03. The van der Waals surface area contributed by atoms with Crippen molar-refractivity contribution in [1.82, 2.24) is 10.3 Å². The van der Waals surface area contributed by atoms with Gasteiger partial charge in [0.2, 0.25) is 5.88 Å². The third-order valence-electron chi connectivity index (χ3n) is 3.09. The van der Waals surface area contributed by atoms with Crippen molar-refractivity contribution in [2.45, 2.75) is 25.4 Å². The molecule has 0 aliphatic heterocycles. The topological polar surface area (TPSA) is 97.8 Å². The van der Waals surface area contributed by atoms with Gasteiger partial charge in [0.25, 0.3) is 5.91 Å². The number of amides is 1. The number of carboxylic acid groups (broad SMARTS) is 1. The molecule has 1 aromatic heterocycles. The monoisotopic (exact) mass is 294 g/mol. The first-order valence-electron chi connectivity index (χ1n) is 6.85. The van der Waals surface area contributed by atoms with E-state index >= 15 is 0 Å². The van der Waals surface area contributed by atoms with Crippen molar-refractivity contribution in [1.29, 1.82) is 0 Å². The largest absolute Gasteiger partial charge is 0.480 e. The molecule has 0 atom stereocenters. The molecular formula is C14H18N2O5. The van der Waals surface area contributed by atoms with E-state index in [1.165, 1.54) is 12.6 Å². The number of nitrogens with one attached hydrogen (secondary N) is 1. The summed E-state index contributed by atoms with van der Waals surface area (Å²) in [5, 5.41) is 11.0. The van der Waals surface area contributed by atoms with Gasteiger partial charge in [-0.3, -0.25) is 4.79 Å². The number of ether oxygens (including phenoxy) is 2. The standard InChI is InChI=1S/C14H18N2O5/c17-13(18)9-20-7-6-16-14(19)10-4-5-15-12(8-10)21-11-2-1-3-11/h4-5,8,11H,1-3,6-7,9H2,(H,16,19)(H,17,18). The number of carbonyl (C=O) groups excluding carboxylic acids is 1. The Hall–Kier alpha value is -2.15. The maximum absolute atomic E-state index is 11.9. The van der Waals surface area contributed by atoms with E-state index in [0.29, 0.717) is 11.4 Å². The van der Waals surface area contributed by atoms with Crippen LogP contribution in [0.3, 0.4) is 0 Å². The molecular weight excluding hydrogens is 276 g/mol. The summed E-state index contributed by atoms with van der Waals surface area (Å²) in [5.41, 5.74) is 0.456. The quantitative estimate of drug-likeness (QED) is 0.690. The number of pyridine rings is 1. The minimum absolute atomic E-state index is 0.147. The number of rotatable bonds is 8. The zero-order valence-corrected chi connectivity index (χ0v) is 11.6. The molecule has 1 heterocycles. The van der Waals surface area contributed by atoms with E-state index in [0.717, 1.165) is 12.8 Å². The molecule has 1 aromatic rings. The minimum Gasteiger partial charge on any atom is -0.480 e. The molecule has 114 valence electrons. The first-order valence-corrected chi connectivity index (χ1v) is 6.85. The molecule has 0 aromatic carbocycles. The van der Waals surface area contributed by atoms with Crippen LogP contribution < -0.4 is 10.1 Å². The van der Waals surface area contributed by atoms with Gasteiger partial charge < -0.3 is 19.9 Å². The molecule has 1 aliphatic rings. The summed E-state index contributed by atoms with van der Waals surface area (Å²) < 4.78 is 10.5. The van der Waals surface area contributed by atoms with Gasteiger partial charge in [-0.2, -0.15) is 0 Å². The van der Waals surface area contributed by atoms with Gasteiger partial charge in [0.05, 0.1) is 6.61 Å². The molecule has 1 saturated carbocycles. The highest BCUT2D eigenvalue weighted by atomic mass is 16.5. The Labute approximate surface area is 122 Å². The van der Waals surface area contributed by atoms with E-state index < -0.39 is 5.97 Å². The number of aliphatic carboxylic acids is 1. The van der Waals surface area contributed by atoms with Gasteiger partial charge in [0.15, 0.2) is 0 Å². The van der Waals surface area contributed by atoms with Crippen LogP contribution in [-0.4, -0.2) is 47.8 Å². The summed E-state index contributed by atoms with van der Waals surface area (Å²) in [6.07, 6.45) is 4.96. The second kappa shape index (κ2) is 7.58. The number of nitrogens with zero attached hydrogens (tertiary/aromatic N) is 1. The average Bonchev–Trinajstić information content (AvgIpc) is 2.42. The van der Waals surface area contributed by atoms with E-state index in [4.69, 9.17) is 14.6 Å². The SMILES string of the molecule is O=C(O)COCCNC(=O)c1ccnc(OC2CCC2)c1. The van der Waals surface area contributed by atoms with Gasteiger partial charge >= 0.3 is 5.97 Å². The molecule has 0 spiro atoms. The van der Waals surface area contributed by atoms with Crippen LogP contribution in [0.1, 0.15) is 29.6 Å². The molecule has 0 saturated heterocycles. The number of aromatic nitrogens is 1. The molecule has 1 fully saturated rings. The molecule has 2 rings (SSSR count). The van der Waals surface area contributed by atoms with Crippen molar-refractivity contribution in [2.75, 3.05) is 19.8 Å². The second-order valence-corrected chi connectivity index (χ2v) is 4.76. The van der Waals surface area contributed by atoms with Gasteiger partial charge in [-0.1, -0.05) is 0 Å². The van der Waals surface area contributed by atoms with Crippen molar-refractivity contribution in [2.24, 2.45) is 0 Å². The molecule has 1 aliphatic carbocycles. The summed E-state index contributed by atoms with van der Waals surface area (Å²) in [4.78, 5) is 26.2. The Bertz CT molecular complexity index is 502. The molecule has 7 heteroatoms. The molecule has 21 heavy (non-hydrogen) atoms. The van der Waals surface area contributed by atoms with Gasteiger partial charge in [-0.05, 0) is 25.3 Å². The summed E-state index contributed by atoms with van der Waals surface area (Å²) in [6, 6.07) is 3.20. The van der Waals surface area contributed by atoms with Crippen molar-refractivity contribution in [3.8, 4) is 5.88 Å². The summed E-state index contributed by atoms with van der Waals surface area (Å²) in [5.74, 6) is -0.850. The Morgan fingerprint density at radius 1 is 1.43 bits per heavy atom. The normalized spacial score (nSPS) is 14.3. The Morgan fingerprint density at radius 3 is 2.90 bits per heavy atom. The number of carboxylic acids is 1. The van der Waals surface area contributed by atoms with E-state index in [-0.39, 0.29) is 31.8 Å². The van der Waals surface area contributed by atoms with Crippen LogP contribution in [-0.2, 0) is 9.53 Å². The van der Waals surface area contributed by atoms with E-state index in [2.05, 4.69) is 10.3 Å². The summed E-state index contributed by atoms with van der Waals surface area (Å²) >= 11 is 0. The van der Waals surface area contributed by atoms with Gasteiger partial charge in [-0.25, -0.2) is 9.78 Å². The van der Waals surface area contributed by atoms with Gasteiger partial charge in [0, 0.05) is 24.4 Å². The van der Waals surface area contributed by atoms with E-state index in [1.807, 2.05) is 0 Å². The lowest BCUT2D eigenvalue weighted by Gasteiger charge is -2.25. The second-order valence-electron chi connectivity index (χ2n) is 4.76. The highest BCUT2D eigenvalue weighted by Crippen LogP contribution is 2.24. The molecule has 7 nitrogen and oxygen atoms in total. The Balaban J connectivity index is 1.75. The molecule has 1 amide bonds. The van der Waals surface area contributed by atoms with Crippen molar-refractivity contribution in [3.63, 3.8) is 0 Å². The Kier molecular flexibility index (Phi) is 5.51. The zero-order chi connectivity index (χ0) is 15.1. The predicted octanol–water partition coefficient (Wildman–Crippen LogP) is 0.844. The van der Waals surface area contributed by atoms with Crippen molar-refractivity contribution in [3.05, 3.63) is 23.9 Å². The van der Waals surface area contributed by atoms with Crippen LogP contribution in [0.4, 0.5) is 0 Å². The van der Waals surface area contributed by atoms with Crippen molar-refractivity contribution >= 4 is 11.9 Å². The first-order chi connectivity index (χ1) is 10.1. The summed E-state index contributed by atoms with van der Waals surface area (Å²) in [6.45, 7) is 0.0201. The highest BCUT2D eigenvalue weighted by Gasteiger charge is 2.20. The number of carbonyl (C=O) groups is 2. The number of hydrogen-bond acceptors (Lipinski definition) is 5. The average molecular weight is 294 g/mol. The van der Waals surface area contributed by atoms with E-state index in [1.54, 1.807) is 12.1 Å². The molecule has 0 unspecified atom stereocenters. The maximum Gasteiger partial charge on any atom is 0.329 e. The lowest BCUT2D eigenvalue weighted by Crippen LogP contribution is -2.28. The molecule has 0 radical (unpaired) electrons. The zero-order valence-electron chi connectivity index (χ0n) is 11.6. The highest BCUT2D eigenvalue weighted by molar-refractivity contribution is 5.94. The maximum atomic E-state index is 11.9. The van der Waals surface area contributed by atoms with Gasteiger partial charge in [0.1, 0.15) is 12.7 Å². The Morgan fingerprint density at radius 2 is 2.24 bits per heavy atom. The van der Waals surface area contributed by atoms with Crippen LogP contribution in [0.2, 0.25) is 0 Å². The van der Waals surface area contributed by atoms with Crippen LogP contribution >= 0.6 is 0 Å². The number of hydrogen-bond donors (Lipinski definition) is 2. The predicted molar refractivity (Wildman–Crippen MR) is 73.3 cm³/mol. The van der Waals surface area contributed by atoms with E-state index in [9.17, 15) is 9.59 Å². The fraction of sp³-hybridized carbons (Fsp3) is 0.500. The third-order valence-corrected chi connectivity index (χ3v) is 3.09. The van der Waals surface area contributed by atoms with Crippen LogP contribution in [0.5, 0.6) is 5.88 Å². The molecule has 2 N–H and O–H groups in total. The van der Waals surface area contributed by atoms with Gasteiger partial charge in [-0.15, -0.1) is 0 Å². The molecule has 0 bridgehead atoms.